The molecule has 0 spiro atoms. The predicted molar refractivity (Wildman–Crippen MR) is 98.9 cm³/mol. The van der Waals surface area contributed by atoms with E-state index in [0.29, 0.717) is 50.3 Å². The highest BCUT2D eigenvalue weighted by atomic mass is 16.5. The third-order valence-corrected chi connectivity index (χ3v) is 4.32. The maximum absolute atomic E-state index is 12.3. The summed E-state index contributed by atoms with van der Waals surface area (Å²) < 4.78 is 5.06. The van der Waals surface area contributed by atoms with Gasteiger partial charge in [0.25, 0.3) is 5.91 Å². The van der Waals surface area contributed by atoms with Crippen LogP contribution in [0.4, 0.5) is 5.69 Å². The smallest absolute Gasteiger partial charge is 0.309 e. The van der Waals surface area contributed by atoms with E-state index in [4.69, 9.17) is 4.74 Å². The summed E-state index contributed by atoms with van der Waals surface area (Å²) in [6.45, 7) is 6.26. The van der Waals surface area contributed by atoms with Gasteiger partial charge in [-0.05, 0) is 58.0 Å². The lowest BCUT2D eigenvalue weighted by Crippen LogP contribution is -2.41. The average Bonchev–Trinajstić information content (AvgIpc) is 2.63. The van der Waals surface area contributed by atoms with Crippen LogP contribution in [0.1, 0.15) is 37.0 Å². The average molecular weight is 361 g/mol. The van der Waals surface area contributed by atoms with Crippen LogP contribution in [0.2, 0.25) is 0 Å². The molecule has 0 aliphatic carbocycles. The summed E-state index contributed by atoms with van der Waals surface area (Å²) in [4.78, 5) is 37.9. The van der Waals surface area contributed by atoms with Gasteiger partial charge in [-0.2, -0.15) is 0 Å². The van der Waals surface area contributed by atoms with Gasteiger partial charge in [0.2, 0.25) is 5.91 Å². The Hall–Kier alpha value is -2.41. The van der Waals surface area contributed by atoms with Crippen LogP contribution in [-0.4, -0.2) is 55.5 Å². The maximum Gasteiger partial charge on any atom is 0.309 e. The summed E-state index contributed by atoms with van der Waals surface area (Å²) >= 11 is 0. The van der Waals surface area contributed by atoms with Crippen molar-refractivity contribution in [1.82, 2.24) is 10.2 Å². The molecule has 7 heteroatoms. The molecule has 142 valence electrons. The van der Waals surface area contributed by atoms with Gasteiger partial charge in [0.05, 0.1) is 19.1 Å². The standard InChI is InChI=1S/C19H27N3O4/c1-3-20-18(24)15-6-5-7-16(12-15)21-17(23)13-22-10-8-14(9-11-22)19(25)26-4-2/h5-7,12,14H,3-4,8-11,13H2,1-2H3,(H,20,24)(H,21,23). The van der Waals surface area contributed by atoms with Crippen LogP contribution < -0.4 is 10.6 Å². The van der Waals surface area contributed by atoms with Gasteiger partial charge in [-0.1, -0.05) is 6.07 Å². The zero-order valence-electron chi connectivity index (χ0n) is 15.4. The number of ether oxygens (including phenoxy) is 1. The minimum Gasteiger partial charge on any atom is -0.466 e. The number of nitrogens with zero attached hydrogens (tertiary/aromatic N) is 1. The molecule has 7 nitrogen and oxygen atoms in total. The molecule has 0 radical (unpaired) electrons. The minimum absolute atomic E-state index is 0.0666. The van der Waals surface area contributed by atoms with Gasteiger partial charge in [0.15, 0.2) is 0 Å². The highest BCUT2D eigenvalue weighted by Crippen LogP contribution is 2.18. The number of likely N-dealkylation sites (tertiary alicyclic amines) is 1. The molecular weight excluding hydrogens is 334 g/mol. The monoisotopic (exact) mass is 361 g/mol. The van der Waals surface area contributed by atoms with E-state index in [1.54, 1.807) is 31.2 Å². The van der Waals surface area contributed by atoms with E-state index in [0.717, 1.165) is 0 Å². The highest BCUT2D eigenvalue weighted by Gasteiger charge is 2.26. The molecule has 2 N–H and O–H groups in total. The maximum atomic E-state index is 12.3. The van der Waals surface area contributed by atoms with Gasteiger partial charge in [-0.25, -0.2) is 0 Å². The van der Waals surface area contributed by atoms with Gasteiger partial charge in [-0.15, -0.1) is 0 Å². The van der Waals surface area contributed by atoms with E-state index < -0.39 is 0 Å². The van der Waals surface area contributed by atoms with Crippen molar-refractivity contribution in [3.63, 3.8) is 0 Å². The van der Waals surface area contributed by atoms with E-state index in [9.17, 15) is 14.4 Å². The van der Waals surface area contributed by atoms with Crippen LogP contribution >= 0.6 is 0 Å². The molecule has 1 aromatic rings. The number of esters is 1. The van der Waals surface area contributed by atoms with E-state index in [1.165, 1.54) is 0 Å². The summed E-state index contributed by atoms with van der Waals surface area (Å²) in [7, 11) is 0. The number of piperidine rings is 1. The fraction of sp³-hybridized carbons (Fsp3) is 0.526. The van der Waals surface area contributed by atoms with Gasteiger partial charge in [-0.3, -0.25) is 19.3 Å². The van der Waals surface area contributed by atoms with E-state index in [1.807, 2.05) is 11.8 Å². The Bertz CT molecular complexity index is 639. The molecule has 0 unspecified atom stereocenters. The minimum atomic E-state index is -0.162. The van der Waals surface area contributed by atoms with Gasteiger partial charge in [0, 0.05) is 17.8 Å². The number of carbonyl (C=O) groups is 3. The first kappa shape index (κ1) is 19.9. The van der Waals surface area contributed by atoms with Crippen molar-refractivity contribution < 1.29 is 19.1 Å². The number of hydrogen-bond acceptors (Lipinski definition) is 5. The van der Waals surface area contributed by atoms with Crippen molar-refractivity contribution in [3.8, 4) is 0 Å². The fourth-order valence-corrected chi connectivity index (χ4v) is 2.99. The second kappa shape index (κ2) is 9.91. The predicted octanol–water partition coefficient (Wildman–Crippen LogP) is 1.65. The Kier molecular flexibility index (Phi) is 7.59. The molecule has 1 aliphatic rings. The van der Waals surface area contributed by atoms with E-state index >= 15 is 0 Å². The first-order valence-electron chi connectivity index (χ1n) is 9.10. The first-order valence-corrected chi connectivity index (χ1v) is 9.10. The third-order valence-electron chi connectivity index (χ3n) is 4.32. The molecule has 0 atom stereocenters. The molecule has 1 fully saturated rings. The second-order valence-electron chi connectivity index (χ2n) is 6.29. The lowest BCUT2D eigenvalue weighted by Gasteiger charge is -2.30. The van der Waals surface area contributed by atoms with Crippen molar-refractivity contribution >= 4 is 23.5 Å². The van der Waals surface area contributed by atoms with Crippen molar-refractivity contribution in [3.05, 3.63) is 29.8 Å². The van der Waals surface area contributed by atoms with Gasteiger partial charge < -0.3 is 15.4 Å². The normalized spacial score (nSPS) is 15.3. The van der Waals surface area contributed by atoms with Crippen LogP contribution in [0.25, 0.3) is 0 Å². The molecule has 1 heterocycles. The largest absolute Gasteiger partial charge is 0.466 e. The molecule has 0 saturated carbocycles. The number of hydrogen-bond donors (Lipinski definition) is 2. The number of rotatable bonds is 7. The van der Waals surface area contributed by atoms with Crippen molar-refractivity contribution in [1.29, 1.82) is 0 Å². The van der Waals surface area contributed by atoms with Crippen LogP contribution in [0.5, 0.6) is 0 Å². The molecule has 0 aromatic heterocycles. The van der Waals surface area contributed by atoms with Crippen LogP contribution in [0.3, 0.4) is 0 Å². The SMILES string of the molecule is CCNC(=O)c1cccc(NC(=O)CN2CCC(C(=O)OCC)CC2)c1. The Morgan fingerprint density at radius 2 is 1.92 bits per heavy atom. The fourth-order valence-electron chi connectivity index (χ4n) is 2.99. The van der Waals surface area contributed by atoms with Gasteiger partial charge >= 0.3 is 5.97 Å². The van der Waals surface area contributed by atoms with Crippen molar-refractivity contribution in [2.45, 2.75) is 26.7 Å². The molecule has 1 aromatic carbocycles. The molecule has 2 amide bonds. The molecular formula is C19H27N3O4. The molecule has 2 rings (SSSR count). The Labute approximate surface area is 154 Å². The summed E-state index contributed by atoms with van der Waals surface area (Å²) in [5.74, 6) is -0.501. The Balaban J connectivity index is 1.82. The van der Waals surface area contributed by atoms with Crippen LogP contribution in [0, 0.1) is 5.92 Å². The van der Waals surface area contributed by atoms with E-state index in [-0.39, 0.29) is 30.2 Å². The quantitative estimate of drug-likeness (QED) is 0.721. The topological polar surface area (TPSA) is 87.7 Å². The summed E-state index contributed by atoms with van der Waals surface area (Å²) in [5, 5.41) is 5.56. The van der Waals surface area contributed by atoms with Gasteiger partial charge in [0.1, 0.15) is 0 Å². The number of nitrogens with one attached hydrogen (secondary N) is 2. The number of carbonyl (C=O) groups excluding carboxylic acids is 3. The number of amides is 2. The lowest BCUT2D eigenvalue weighted by atomic mass is 9.97. The number of anilines is 1. The first-order chi connectivity index (χ1) is 12.5. The molecule has 26 heavy (non-hydrogen) atoms. The zero-order valence-corrected chi connectivity index (χ0v) is 15.4. The summed E-state index contributed by atoms with van der Waals surface area (Å²) in [6.07, 6.45) is 1.41. The van der Waals surface area contributed by atoms with Crippen molar-refractivity contribution in [2.75, 3.05) is 38.1 Å². The lowest BCUT2D eigenvalue weighted by molar-refractivity contribution is -0.149. The summed E-state index contributed by atoms with van der Waals surface area (Å²) in [5.41, 5.74) is 1.11. The number of benzene rings is 1. The van der Waals surface area contributed by atoms with E-state index in [2.05, 4.69) is 10.6 Å². The zero-order chi connectivity index (χ0) is 18.9. The molecule has 0 bridgehead atoms. The van der Waals surface area contributed by atoms with Crippen LogP contribution in [0.15, 0.2) is 24.3 Å². The highest BCUT2D eigenvalue weighted by molar-refractivity contribution is 5.97. The Morgan fingerprint density at radius 3 is 2.58 bits per heavy atom. The summed E-state index contributed by atoms with van der Waals surface area (Å²) in [6, 6.07) is 6.87. The van der Waals surface area contributed by atoms with Crippen molar-refractivity contribution in [2.24, 2.45) is 5.92 Å². The van der Waals surface area contributed by atoms with Crippen LogP contribution in [-0.2, 0) is 14.3 Å². The molecule has 1 aliphatic heterocycles. The Morgan fingerprint density at radius 1 is 1.19 bits per heavy atom. The second-order valence-corrected chi connectivity index (χ2v) is 6.29. The third kappa shape index (κ3) is 5.84. The molecule has 1 saturated heterocycles.